The van der Waals surface area contributed by atoms with Crippen LogP contribution in [0, 0.1) is 0 Å². The van der Waals surface area contributed by atoms with Crippen LogP contribution in [-0.4, -0.2) is 43.0 Å². The van der Waals surface area contributed by atoms with Gasteiger partial charge in [0.1, 0.15) is 12.4 Å². The number of rotatable bonds is 14. The van der Waals surface area contributed by atoms with Crippen LogP contribution >= 0.6 is 0 Å². The van der Waals surface area contributed by atoms with E-state index in [0.29, 0.717) is 6.42 Å². The van der Waals surface area contributed by atoms with Crippen LogP contribution in [0.1, 0.15) is 70.6 Å². The largest absolute Gasteiger partial charge is 0.446 e. The first-order valence-electron chi connectivity index (χ1n) is 13.0. The molecular formula is C29H40N2O3. The number of likely N-dealkylation sites (tertiary alicyclic amines) is 1. The summed E-state index contributed by atoms with van der Waals surface area (Å²) < 4.78 is 5.74. The van der Waals surface area contributed by atoms with Crippen molar-refractivity contribution in [3.63, 3.8) is 0 Å². The van der Waals surface area contributed by atoms with Gasteiger partial charge in [0.25, 0.3) is 0 Å². The number of nitrogens with zero attached hydrogens (tertiary/aromatic N) is 1. The lowest BCUT2D eigenvalue weighted by Gasteiger charge is -2.31. The van der Waals surface area contributed by atoms with E-state index in [1.807, 2.05) is 54.6 Å². The maximum Gasteiger partial charge on any atom is 0.411 e. The number of aldehydes is 1. The van der Waals surface area contributed by atoms with Gasteiger partial charge in [-0.2, -0.15) is 0 Å². The van der Waals surface area contributed by atoms with Crippen molar-refractivity contribution in [3.05, 3.63) is 54.6 Å². The van der Waals surface area contributed by atoms with Crippen molar-refractivity contribution in [2.24, 2.45) is 0 Å². The number of anilines is 1. The summed E-state index contributed by atoms with van der Waals surface area (Å²) in [4.78, 5) is 25.4. The molecule has 1 saturated heterocycles. The fourth-order valence-electron chi connectivity index (χ4n) is 4.63. The van der Waals surface area contributed by atoms with Crippen molar-refractivity contribution in [1.82, 2.24) is 4.90 Å². The number of hydrogen-bond donors (Lipinski definition) is 1. The Hall–Kier alpha value is -2.66. The molecule has 2 aromatic carbocycles. The van der Waals surface area contributed by atoms with Crippen molar-refractivity contribution in [3.8, 4) is 11.1 Å². The van der Waals surface area contributed by atoms with Gasteiger partial charge in [0.15, 0.2) is 0 Å². The van der Waals surface area contributed by atoms with Crippen molar-refractivity contribution in [2.45, 2.75) is 76.7 Å². The smallest absolute Gasteiger partial charge is 0.411 e. The van der Waals surface area contributed by atoms with E-state index in [4.69, 9.17) is 4.74 Å². The summed E-state index contributed by atoms with van der Waals surface area (Å²) in [5.41, 5.74) is 2.84. The Morgan fingerprint density at radius 2 is 1.47 bits per heavy atom. The summed E-state index contributed by atoms with van der Waals surface area (Å²) in [6.45, 7) is 3.13. The first-order valence-corrected chi connectivity index (χ1v) is 13.0. The lowest BCUT2D eigenvalue weighted by Crippen LogP contribution is -2.38. The molecule has 0 aromatic heterocycles. The quantitative estimate of drug-likeness (QED) is 0.240. The molecule has 0 saturated carbocycles. The summed E-state index contributed by atoms with van der Waals surface area (Å²) in [5, 5.41) is 2.95. The summed E-state index contributed by atoms with van der Waals surface area (Å²) in [6, 6.07) is 17.9. The Bertz CT molecular complexity index is 847. The van der Waals surface area contributed by atoms with E-state index in [0.717, 1.165) is 62.0 Å². The lowest BCUT2D eigenvalue weighted by molar-refractivity contribution is -0.107. The number of piperidine rings is 1. The van der Waals surface area contributed by atoms with E-state index in [-0.39, 0.29) is 12.2 Å². The van der Waals surface area contributed by atoms with Crippen molar-refractivity contribution < 1.29 is 14.3 Å². The van der Waals surface area contributed by atoms with Crippen LogP contribution in [0.25, 0.3) is 11.1 Å². The van der Waals surface area contributed by atoms with Crippen molar-refractivity contribution in [2.75, 3.05) is 25.0 Å². The molecule has 5 nitrogen and oxygen atoms in total. The molecule has 3 rings (SSSR count). The summed E-state index contributed by atoms with van der Waals surface area (Å²) in [6.07, 6.45) is 13.1. The van der Waals surface area contributed by atoms with Gasteiger partial charge in [-0.1, -0.05) is 87.1 Å². The van der Waals surface area contributed by atoms with Crippen LogP contribution in [-0.2, 0) is 9.53 Å². The van der Waals surface area contributed by atoms with Crippen LogP contribution in [0.5, 0.6) is 0 Å². The predicted molar refractivity (Wildman–Crippen MR) is 139 cm³/mol. The SMILES string of the molecule is O=CCCCCCCCCCCN1CCC(OC(=O)Nc2ccccc2-c2ccccc2)CC1. The molecule has 0 atom stereocenters. The fourth-order valence-corrected chi connectivity index (χ4v) is 4.63. The van der Waals surface area contributed by atoms with Crippen LogP contribution in [0.4, 0.5) is 10.5 Å². The molecule has 34 heavy (non-hydrogen) atoms. The Labute approximate surface area is 204 Å². The Kier molecular flexibility index (Phi) is 11.7. The molecule has 1 N–H and O–H groups in total. The zero-order chi connectivity index (χ0) is 23.8. The zero-order valence-corrected chi connectivity index (χ0v) is 20.4. The number of amides is 1. The van der Waals surface area contributed by atoms with Gasteiger partial charge in [-0.25, -0.2) is 4.79 Å². The highest BCUT2D eigenvalue weighted by Crippen LogP contribution is 2.28. The Morgan fingerprint density at radius 1 is 0.853 bits per heavy atom. The van der Waals surface area contributed by atoms with E-state index in [9.17, 15) is 9.59 Å². The monoisotopic (exact) mass is 464 g/mol. The molecule has 1 amide bonds. The van der Waals surface area contributed by atoms with Gasteiger partial charge in [-0.3, -0.25) is 5.32 Å². The first-order chi connectivity index (χ1) is 16.8. The topological polar surface area (TPSA) is 58.6 Å². The molecule has 1 fully saturated rings. The highest BCUT2D eigenvalue weighted by atomic mass is 16.6. The molecule has 1 aliphatic rings. The van der Waals surface area contributed by atoms with Gasteiger partial charge in [0, 0.05) is 25.1 Å². The minimum Gasteiger partial charge on any atom is -0.446 e. The van der Waals surface area contributed by atoms with Crippen LogP contribution in [0.15, 0.2) is 54.6 Å². The van der Waals surface area contributed by atoms with Crippen molar-refractivity contribution >= 4 is 18.1 Å². The fraction of sp³-hybridized carbons (Fsp3) is 0.517. The van der Waals surface area contributed by atoms with Gasteiger partial charge >= 0.3 is 6.09 Å². The third-order valence-corrected chi connectivity index (χ3v) is 6.60. The van der Waals surface area contributed by atoms with Gasteiger partial charge in [-0.05, 0) is 43.9 Å². The van der Waals surface area contributed by atoms with Crippen molar-refractivity contribution in [1.29, 1.82) is 0 Å². The van der Waals surface area contributed by atoms with Gasteiger partial charge in [-0.15, -0.1) is 0 Å². The summed E-state index contributed by atoms with van der Waals surface area (Å²) in [5.74, 6) is 0. The maximum atomic E-state index is 12.6. The van der Waals surface area contributed by atoms with E-state index in [1.165, 1.54) is 44.9 Å². The molecule has 2 aromatic rings. The average molecular weight is 465 g/mol. The second-order valence-corrected chi connectivity index (χ2v) is 9.27. The van der Waals surface area contributed by atoms with Crippen LogP contribution < -0.4 is 5.32 Å². The molecule has 0 unspecified atom stereocenters. The zero-order valence-electron chi connectivity index (χ0n) is 20.4. The minimum atomic E-state index is -0.368. The number of carbonyl (C=O) groups excluding carboxylic acids is 2. The standard InChI is InChI=1S/C29H40N2O3/c32-24-14-7-5-3-1-2-4-6-13-21-31-22-19-26(20-23-31)34-29(33)30-28-18-12-11-17-27(28)25-15-9-8-10-16-25/h8-12,15-18,24,26H,1-7,13-14,19-23H2,(H,30,33). The molecule has 5 heteroatoms. The van der Waals surface area contributed by atoms with Gasteiger partial charge in [0.2, 0.25) is 0 Å². The molecule has 184 valence electrons. The molecule has 1 heterocycles. The number of carbonyl (C=O) groups is 2. The van der Waals surface area contributed by atoms with E-state index in [2.05, 4.69) is 10.2 Å². The van der Waals surface area contributed by atoms with Crippen LogP contribution in [0.2, 0.25) is 0 Å². The number of unbranched alkanes of at least 4 members (excludes halogenated alkanes) is 8. The number of benzene rings is 2. The number of para-hydroxylation sites is 1. The third kappa shape index (κ3) is 9.30. The molecule has 1 aliphatic heterocycles. The van der Waals surface area contributed by atoms with Crippen LogP contribution in [0.3, 0.4) is 0 Å². The summed E-state index contributed by atoms with van der Waals surface area (Å²) in [7, 11) is 0. The lowest BCUT2D eigenvalue weighted by atomic mass is 10.0. The molecule has 0 radical (unpaired) electrons. The second-order valence-electron chi connectivity index (χ2n) is 9.27. The molecule has 0 bridgehead atoms. The number of ether oxygens (including phenoxy) is 1. The third-order valence-electron chi connectivity index (χ3n) is 6.60. The van der Waals surface area contributed by atoms with E-state index < -0.39 is 0 Å². The molecule has 0 aliphatic carbocycles. The normalized spacial score (nSPS) is 14.6. The van der Waals surface area contributed by atoms with E-state index >= 15 is 0 Å². The number of nitrogens with one attached hydrogen (secondary N) is 1. The predicted octanol–water partition coefficient (Wildman–Crippen LogP) is 7.08. The summed E-state index contributed by atoms with van der Waals surface area (Å²) >= 11 is 0. The number of hydrogen-bond acceptors (Lipinski definition) is 4. The average Bonchev–Trinajstić information content (AvgIpc) is 2.87. The molecule has 0 spiro atoms. The highest BCUT2D eigenvalue weighted by Gasteiger charge is 2.22. The Balaban J connectivity index is 1.28. The maximum absolute atomic E-state index is 12.6. The first kappa shape index (κ1) is 26.0. The highest BCUT2D eigenvalue weighted by molar-refractivity contribution is 5.91. The minimum absolute atomic E-state index is 0.0145. The Morgan fingerprint density at radius 3 is 2.18 bits per heavy atom. The second kappa shape index (κ2) is 15.3. The van der Waals surface area contributed by atoms with Gasteiger partial charge < -0.3 is 14.4 Å². The molecular weight excluding hydrogens is 424 g/mol. The van der Waals surface area contributed by atoms with E-state index in [1.54, 1.807) is 0 Å². The van der Waals surface area contributed by atoms with Gasteiger partial charge in [0.05, 0.1) is 5.69 Å².